The van der Waals surface area contributed by atoms with Gasteiger partial charge in [-0.3, -0.25) is 4.79 Å². The largest absolute Gasteiger partial charge is 0.355 e. The Morgan fingerprint density at radius 2 is 1.74 bits per heavy atom. The molecule has 1 aromatic rings. The molecule has 1 saturated carbocycles. The number of benzene rings is 1. The summed E-state index contributed by atoms with van der Waals surface area (Å²) in [5.74, 6) is 0.970. The van der Waals surface area contributed by atoms with Crippen LogP contribution in [0.1, 0.15) is 44.1 Å². The van der Waals surface area contributed by atoms with Gasteiger partial charge >= 0.3 is 0 Å². The van der Waals surface area contributed by atoms with Crippen LogP contribution in [0.15, 0.2) is 29.2 Å². The Morgan fingerprint density at radius 3 is 2.37 bits per heavy atom. The Kier molecular flexibility index (Phi) is 7.22. The second kappa shape index (κ2) is 9.43. The minimum atomic E-state index is -3.46. The number of carbonyl (C=O) groups excluding carboxylic acids is 1. The topological polar surface area (TPSA) is 66.5 Å². The molecular formula is C20H30N2O3S2. The van der Waals surface area contributed by atoms with E-state index in [1.165, 1.54) is 30.0 Å². The maximum atomic E-state index is 12.7. The Hall–Kier alpha value is -1.05. The van der Waals surface area contributed by atoms with E-state index >= 15 is 0 Å². The monoisotopic (exact) mass is 410 g/mol. The molecule has 150 valence electrons. The number of rotatable bonds is 7. The minimum Gasteiger partial charge on any atom is -0.355 e. The van der Waals surface area contributed by atoms with Crippen molar-refractivity contribution < 1.29 is 13.2 Å². The molecule has 5 nitrogen and oxygen atoms in total. The predicted molar refractivity (Wildman–Crippen MR) is 110 cm³/mol. The standard InChI is InChI=1S/C20H30N2O3S2/c1-16-6-8-19(9-7-16)27(24,25)22-13-10-17(11-14-22)20(23)21-12-15-26-18-4-2-3-5-18/h6-9,17-18H,2-5,10-15H2,1H3,(H,21,23). The van der Waals surface area contributed by atoms with Crippen molar-refractivity contribution in [3.8, 4) is 0 Å². The lowest BCUT2D eigenvalue weighted by Crippen LogP contribution is -2.43. The number of hydrogen-bond acceptors (Lipinski definition) is 4. The minimum absolute atomic E-state index is 0.0778. The van der Waals surface area contributed by atoms with Gasteiger partial charge in [0.05, 0.1) is 4.90 Å². The molecule has 1 N–H and O–H groups in total. The Bertz CT molecular complexity index is 720. The van der Waals surface area contributed by atoms with Gasteiger partial charge in [0.15, 0.2) is 0 Å². The van der Waals surface area contributed by atoms with Crippen LogP contribution in [0.3, 0.4) is 0 Å². The molecule has 1 aliphatic heterocycles. The number of carbonyl (C=O) groups is 1. The molecule has 1 amide bonds. The number of nitrogens with one attached hydrogen (secondary N) is 1. The van der Waals surface area contributed by atoms with Gasteiger partial charge in [-0.05, 0) is 44.7 Å². The Morgan fingerprint density at radius 1 is 1.11 bits per heavy atom. The normalized spacial score (nSPS) is 20.0. The highest BCUT2D eigenvalue weighted by Gasteiger charge is 2.31. The zero-order valence-corrected chi connectivity index (χ0v) is 17.7. The Labute approximate surface area is 167 Å². The van der Waals surface area contributed by atoms with E-state index in [1.54, 1.807) is 12.1 Å². The summed E-state index contributed by atoms with van der Waals surface area (Å²) in [6.45, 7) is 3.46. The van der Waals surface area contributed by atoms with Crippen molar-refractivity contribution in [2.75, 3.05) is 25.4 Å². The SMILES string of the molecule is Cc1ccc(S(=O)(=O)N2CCC(C(=O)NCCSC3CCCC3)CC2)cc1. The van der Waals surface area contributed by atoms with Crippen molar-refractivity contribution in [1.29, 1.82) is 0 Å². The maximum Gasteiger partial charge on any atom is 0.243 e. The first kappa shape index (κ1) is 20.7. The molecule has 1 heterocycles. The molecule has 0 aromatic heterocycles. The second-order valence-corrected chi connectivity index (χ2v) is 10.9. The molecule has 3 rings (SSSR count). The highest BCUT2D eigenvalue weighted by atomic mass is 32.2. The fourth-order valence-corrected chi connectivity index (χ4v) is 6.51. The number of thioether (sulfide) groups is 1. The molecule has 2 aliphatic rings. The lowest BCUT2D eigenvalue weighted by molar-refractivity contribution is -0.125. The molecule has 0 spiro atoms. The van der Waals surface area contributed by atoms with E-state index in [0.717, 1.165) is 16.6 Å². The summed E-state index contributed by atoms with van der Waals surface area (Å²) < 4.78 is 27.0. The quantitative estimate of drug-likeness (QED) is 0.701. The molecule has 1 aromatic carbocycles. The van der Waals surface area contributed by atoms with E-state index < -0.39 is 10.0 Å². The van der Waals surface area contributed by atoms with Gasteiger partial charge < -0.3 is 5.32 Å². The highest BCUT2D eigenvalue weighted by molar-refractivity contribution is 7.99. The molecule has 0 unspecified atom stereocenters. The van der Waals surface area contributed by atoms with Crippen molar-refractivity contribution in [2.45, 2.75) is 55.6 Å². The summed E-state index contributed by atoms with van der Waals surface area (Å²) in [6.07, 6.45) is 6.49. The van der Waals surface area contributed by atoms with Crippen LogP contribution < -0.4 is 5.32 Å². The van der Waals surface area contributed by atoms with Crippen molar-refractivity contribution >= 4 is 27.7 Å². The number of aryl methyl sites for hydroxylation is 1. The molecule has 0 atom stereocenters. The molecule has 2 fully saturated rings. The number of hydrogen-bond donors (Lipinski definition) is 1. The highest BCUT2D eigenvalue weighted by Crippen LogP contribution is 2.29. The van der Waals surface area contributed by atoms with Crippen LogP contribution in [-0.4, -0.2) is 49.3 Å². The van der Waals surface area contributed by atoms with Gasteiger partial charge in [0.1, 0.15) is 0 Å². The van der Waals surface area contributed by atoms with Crippen LogP contribution >= 0.6 is 11.8 Å². The van der Waals surface area contributed by atoms with Crippen LogP contribution in [0.2, 0.25) is 0 Å². The summed E-state index contributed by atoms with van der Waals surface area (Å²) in [5.41, 5.74) is 1.04. The van der Waals surface area contributed by atoms with Gasteiger partial charge in [-0.15, -0.1) is 0 Å². The van der Waals surface area contributed by atoms with Crippen LogP contribution in [0, 0.1) is 12.8 Å². The van der Waals surface area contributed by atoms with Gasteiger partial charge in [-0.2, -0.15) is 16.1 Å². The summed E-state index contributed by atoms with van der Waals surface area (Å²) >= 11 is 1.97. The number of amides is 1. The van der Waals surface area contributed by atoms with Crippen molar-refractivity contribution in [2.24, 2.45) is 5.92 Å². The van der Waals surface area contributed by atoms with Crippen molar-refractivity contribution in [3.05, 3.63) is 29.8 Å². The zero-order chi connectivity index (χ0) is 19.3. The summed E-state index contributed by atoms with van der Waals surface area (Å²) in [4.78, 5) is 12.7. The molecule has 7 heteroatoms. The zero-order valence-electron chi connectivity index (χ0n) is 16.0. The van der Waals surface area contributed by atoms with E-state index in [9.17, 15) is 13.2 Å². The predicted octanol–water partition coefficient (Wildman–Crippen LogP) is 3.19. The maximum absolute atomic E-state index is 12.7. The first-order valence-corrected chi connectivity index (χ1v) is 12.4. The molecule has 27 heavy (non-hydrogen) atoms. The van der Waals surface area contributed by atoms with Crippen molar-refractivity contribution in [3.63, 3.8) is 0 Å². The number of nitrogens with zero attached hydrogens (tertiary/aromatic N) is 1. The number of sulfonamides is 1. The third-order valence-corrected chi connectivity index (χ3v) is 8.84. The van der Waals surface area contributed by atoms with Gasteiger partial charge in [0.2, 0.25) is 15.9 Å². The lowest BCUT2D eigenvalue weighted by atomic mass is 9.97. The van der Waals surface area contributed by atoms with Crippen LogP contribution in [-0.2, 0) is 14.8 Å². The van der Waals surface area contributed by atoms with E-state index in [4.69, 9.17) is 0 Å². The van der Waals surface area contributed by atoms with Crippen LogP contribution in [0.25, 0.3) is 0 Å². The van der Waals surface area contributed by atoms with E-state index in [2.05, 4.69) is 5.32 Å². The van der Waals surface area contributed by atoms with Gasteiger partial charge in [-0.25, -0.2) is 8.42 Å². The molecule has 1 aliphatic carbocycles. The smallest absolute Gasteiger partial charge is 0.243 e. The molecule has 0 radical (unpaired) electrons. The second-order valence-electron chi connectivity index (χ2n) is 7.56. The average molecular weight is 411 g/mol. The van der Waals surface area contributed by atoms with E-state index in [0.29, 0.717) is 37.4 Å². The molecular weight excluding hydrogens is 380 g/mol. The number of piperidine rings is 1. The van der Waals surface area contributed by atoms with Crippen LogP contribution in [0.4, 0.5) is 0 Å². The van der Waals surface area contributed by atoms with Gasteiger partial charge in [-0.1, -0.05) is 30.5 Å². The average Bonchev–Trinajstić information content (AvgIpc) is 3.19. The van der Waals surface area contributed by atoms with E-state index in [-0.39, 0.29) is 11.8 Å². The lowest BCUT2D eigenvalue weighted by Gasteiger charge is -2.30. The first-order chi connectivity index (χ1) is 13.0. The Balaban J connectivity index is 1.42. The summed E-state index contributed by atoms with van der Waals surface area (Å²) in [7, 11) is -3.46. The van der Waals surface area contributed by atoms with Crippen LogP contribution in [0.5, 0.6) is 0 Å². The van der Waals surface area contributed by atoms with E-state index in [1.807, 2.05) is 30.8 Å². The third-order valence-electron chi connectivity index (χ3n) is 5.54. The van der Waals surface area contributed by atoms with Gasteiger partial charge in [0.25, 0.3) is 0 Å². The van der Waals surface area contributed by atoms with Crippen molar-refractivity contribution in [1.82, 2.24) is 9.62 Å². The molecule has 1 saturated heterocycles. The fourth-order valence-electron chi connectivity index (χ4n) is 3.82. The first-order valence-electron chi connectivity index (χ1n) is 9.93. The van der Waals surface area contributed by atoms with Gasteiger partial charge in [0, 0.05) is 36.6 Å². The fraction of sp³-hybridized carbons (Fsp3) is 0.650. The third kappa shape index (κ3) is 5.48. The summed E-state index contributed by atoms with van der Waals surface area (Å²) in [5, 5.41) is 3.82. The summed E-state index contributed by atoms with van der Waals surface area (Å²) in [6, 6.07) is 6.95. The molecule has 0 bridgehead atoms.